The number of para-hydroxylation sites is 1. The molecule has 0 amide bonds. The highest BCUT2D eigenvalue weighted by atomic mass is 32.1. The lowest BCUT2D eigenvalue weighted by molar-refractivity contribution is 0.669. The summed E-state index contributed by atoms with van der Waals surface area (Å²) in [6, 6.07) is 44.6. The van der Waals surface area contributed by atoms with E-state index in [1.807, 2.05) is 103 Å². The van der Waals surface area contributed by atoms with Gasteiger partial charge in [-0.25, -0.2) is 19.9 Å². The molecule has 7 heteroatoms. The third-order valence-corrected chi connectivity index (χ3v) is 9.63. The number of hydrogen-bond donors (Lipinski definition) is 0. The van der Waals surface area contributed by atoms with E-state index < -0.39 is 0 Å². The minimum atomic E-state index is 0.587. The number of aromatic nitrogens is 4. The molecule has 4 aromatic heterocycles. The predicted octanol–water partition coefficient (Wildman–Crippen LogP) is 10.9. The van der Waals surface area contributed by atoms with E-state index in [-0.39, 0.29) is 0 Å². The molecular formula is C40H22N4O2S. The molecule has 220 valence electrons. The highest BCUT2D eigenvalue weighted by Crippen LogP contribution is 2.43. The van der Waals surface area contributed by atoms with Gasteiger partial charge in [-0.1, -0.05) is 103 Å². The van der Waals surface area contributed by atoms with E-state index in [1.54, 1.807) is 11.3 Å². The van der Waals surface area contributed by atoms with Gasteiger partial charge in [0.1, 0.15) is 27.3 Å². The van der Waals surface area contributed by atoms with E-state index in [2.05, 4.69) is 30.3 Å². The van der Waals surface area contributed by atoms with Crippen molar-refractivity contribution in [3.8, 4) is 44.7 Å². The zero-order valence-corrected chi connectivity index (χ0v) is 25.5. The topological polar surface area (TPSA) is 77.8 Å². The number of furan rings is 2. The molecular weight excluding hydrogens is 601 g/mol. The van der Waals surface area contributed by atoms with Crippen LogP contribution < -0.4 is 0 Å². The quantitative estimate of drug-likeness (QED) is 0.194. The molecule has 0 spiro atoms. The van der Waals surface area contributed by atoms with Gasteiger partial charge >= 0.3 is 0 Å². The molecule has 0 saturated heterocycles. The van der Waals surface area contributed by atoms with E-state index in [0.29, 0.717) is 17.5 Å². The number of rotatable bonds is 4. The van der Waals surface area contributed by atoms with Crippen LogP contribution in [0.5, 0.6) is 0 Å². The molecule has 47 heavy (non-hydrogen) atoms. The van der Waals surface area contributed by atoms with Crippen molar-refractivity contribution in [3.05, 3.63) is 133 Å². The number of benzene rings is 6. The van der Waals surface area contributed by atoms with Gasteiger partial charge in [0.15, 0.2) is 17.5 Å². The molecule has 0 atom stereocenters. The highest BCUT2D eigenvalue weighted by Gasteiger charge is 2.20. The zero-order chi connectivity index (χ0) is 30.9. The maximum Gasteiger partial charge on any atom is 0.164 e. The standard InChI is InChI=1S/C40H22N4O2S/c1-3-11-23(12-4-1)37-42-38(24-13-5-2-6-14-24)44-39(43-37)26-16-9-19-32-36(26)28-21-29-34(22-33(28)46-32)47-40(41-29)27-17-10-20-31-35(27)25-15-7-8-18-30(25)45-31/h1-22H. The molecule has 0 unspecified atom stereocenters. The summed E-state index contributed by atoms with van der Waals surface area (Å²) in [7, 11) is 0. The second-order valence-corrected chi connectivity index (χ2v) is 12.5. The van der Waals surface area contributed by atoms with Crippen LogP contribution in [0.4, 0.5) is 0 Å². The fraction of sp³-hybridized carbons (Fsp3) is 0. The first kappa shape index (κ1) is 26.1. The Morgan fingerprint density at radius 1 is 0.426 bits per heavy atom. The first-order chi connectivity index (χ1) is 23.3. The average molecular weight is 623 g/mol. The van der Waals surface area contributed by atoms with Crippen molar-refractivity contribution in [1.29, 1.82) is 0 Å². The summed E-state index contributed by atoms with van der Waals surface area (Å²) in [5.41, 5.74) is 7.99. The molecule has 10 rings (SSSR count). The molecule has 4 heterocycles. The molecule has 0 bridgehead atoms. The van der Waals surface area contributed by atoms with E-state index in [9.17, 15) is 0 Å². The Morgan fingerprint density at radius 2 is 1.00 bits per heavy atom. The predicted molar refractivity (Wildman–Crippen MR) is 189 cm³/mol. The number of hydrogen-bond acceptors (Lipinski definition) is 7. The van der Waals surface area contributed by atoms with Gasteiger partial charge in [-0.15, -0.1) is 11.3 Å². The van der Waals surface area contributed by atoms with Gasteiger partial charge < -0.3 is 8.83 Å². The Kier molecular flexibility index (Phi) is 5.64. The Hall–Kier alpha value is -6.18. The Balaban J connectivity index is 1.18. The van der Waals surface area contributed by atoms with Crippen LogP contribution in [0.15, 0.2) is 142 Å². The van der Waals surface area contributed by atoms with Gasteiger partial charge in [-0.2, -0.15) is 0 Å². The van der Waals surface area contributed by atoms with Crippen molar-refractivity contribution >= 4 is 65.4 Å². The smallest absolute Gasteiger partial charge is 0.164 e. The highest BCUT2D eigenvalue weighted by molar-refractivity contribution is 7.21. The van der Waals surface area contributed by atoms with Crippen LogP contribution in [0.1, 0.15) is 0 Å². The molecule has 6 aromatic carbocycles. The Bertz CT molecular complexity index is 2740. The lowest BCUT2D eigenvalue weighted by Crippen LogP contribution is -2.00. The molecule has 0 radical (unpaired) electrons. The lowest BCUT2D eigenvalue weighted by atomic mass is 10.0. The van der Waals surface area contributed by atoms with Gasteiger partial charge in [0, 0.05) is 49.9 Å². The average Bonchev–Trinajstić information content (AvgIpc) is 3.83. The van der Waals surface area contributed by atoms with Crippen LogP contribution in [0.3, 0.4) is 0 Å². The van der Waals surface area contributed by atoms with Crippen molar-refractivity contribution in [2.24, 2.45) is 0 Å². The van der Waals surface area contributed by atoms with Crippen LogP contribution >= 0.6 is 11.3 Å². The normalized spacial score (nSPS) is 11.8. The summed E-state index contributed by atoms with van der Waals surface area (Å²) < 4.78 is 13.7. The summed E-state index contributed by atoms with van der Waals surface area (Å²) in [5, 5.41) is 5.02. The number of thiazole rings is 1. The monoisotopic (exact) mass is 622 g/mol. The first-order valence-electron chi connectivity index (χ1n) is 15.3. The second-order valence-electron chi connectivity index (χ2n) is 11.4. The van der Waals surface area contributed by atoms with Crippen LogP contribution in [0, 0.1) is 0 Å². The van der Waals surface area contributed by atoms with Gasteiger partial charge in [0.25, 0.3) is 0 Å². The van der Waals surface area contributed by atoms with Gasteiger partial charge in [0.05, 0.1) is 10.2 Å². The Morgan fingerprint density at radius 3 is 1.72 bits per heavy atom. The summed E-state index contributed by atoms with van der Waals surface area (Å²) >= 11 is 1.66. The van der Waals surface area contributed by atoms with Crippen LogP contribution in [0.2, 0.25) is 0 Å². The third-order valence-electron chi connectivity index (χ3n) is 8.58. The maximum absolute atomic E-state index is 6.48. The summed E-state index contributed by atoms with van der Waals surface area (Å²) in [6.07, 6.45) is 0. The number of fused-ring (bicyclic) bond motifs is 7. The zero-order valence-electron chi connectivity index (χ0n) is 24.7. The van der Waals surface area contributed by atoms with Crippen LogP contribution in [0.25, 0.3) is 98.8 Å². The van der Waals surface area contributed by atoms with Crippen molar-refractivity contribution in [2.45, 2.75) is 0 Å². The largest absolute Gasteiger partial charge is 0.456 e. The van der Waals surface area contributed by atoms with Crippen molar-refractivity contribution in [2.75, 3.05) is 0 Å². The third kappa shape index (κ3) is 4.17. The fourth-order valence-corrected chi connectivity index (χ4v) is 7.44. The van der Waals surface area contributed by atoms with Gasteiger partial charge in [0.2, 0.25) is 0 Å². The molecule has 0 N–H and O–H groups in total. The number of nitrogens with zero attached hydrogens (tertiary/aromatic N) is 4. The fourth-order valence-electron chi connectivity index (χ4n) is 6.43. The second kappa shape index (κ2) is 10.2. The van der Waals surface area contributed by atoms with E-state index in [4.69, 9.17) is 28.8 Å². The van der Waals surface area contributed by atoms with E-state index in [0.717, 1.165) is 81.4 Å². The molecule has 0 aliphatic carbocycles. The van der Waals surface area contributed by atoms with Gasteiger partial charge in [-0.05, 0) is 24.3 Å². The van der Waals surface area contributed by atoms with Crippen LogP contribution in [-0.4, -0.2) is 19.9 Å². The summed E-state index contributed by atoms with van der Waals surface area (Å²) in [5.74, 6) is 1.82. The SMILES string of the molecule is c1ccc(-c2nc(-c3ccccc3)nc(-c3cccc4oc5cc6sc(-c7cccc8oc9ccccc9c78)nc6cc5c34)n2)cc1. The molecule has 6 nitrogen and oxygen atoms in total. The maximum atomic E-state index is 6.48. The minimum absolute atomic E-state index is 0.587. The van der Waals surface area contributed by atoms with E-state index in [1.165, 1.54) is 0 Å². The van der Waals surface area contributed by atoms with Crippen molar-refractivity contribution in [3.63, 3.8) is 0 Å². The summed E-state index contributed by atoms with van der Waals surface area (Å²) in [4.78, 5) is 20.0. The molecule has 0 aliphatic rings. The van der Waals surface area contributed by atoms with Crippen molar-refractivity contribution < 1.29 is 8.83 Å². The summed E-state index contributed by atoms with van der Waals surface area (Å²) in [6.45, 7) is 0. The molecule has 0 fully saturated rings. The lowest BCUT2D eigenvalue weighted by Gasteiger charge is -2.09. The molecule has 10 aromatic rings. The first-order valence-corrected chi connectivity index (χ1v) is 16.1. The molecule has 0 saturated carbocycles. The molecule has 0 aliphatic heterocycles. The van der Waals surface area contributed by atoms with Gasteiger partial charge in [-0.3, -0.25) is 0 Å². The minimum Gasteiger partial charge on any atom is -0.456 e. The van der Waals surface area contributed by atoms with Crippen molar-refractivity contribution in [1.82, 2.24) is 19.9 Å². The van der Waals surface area contributed by atoms with E-state index >= 15 is 0 Å². The Labute approximate surface area is 271 Å². The van der Waals surface area contributed by atoms with Crippen LogP contribution in [-0.2, 0) is 0 Å².